The minimum atomic E-state index is 0.235. The maximum Gasteiger partial charge on any atom is 0.147 e. The van der Waals surface area contributed by atoms with Crippen molar-refractivity contribution in [1.82, 2.24) is 14.9 Å². The zero-order chi connectivity index (χ0) is 13.1. The Balaban J connectivity index is 1.64. The van der Waals surface area contributed by atoms with Gasteiger partial charge in [0.2, 0.25) is 0 Å². The Bertz CT molecular complexity index is 544. The van der Waals surface area contributed by atoms with Crippen molar-refractivity contribution < 1.29 is 4.74 Å². The van der Waals surface area contributed by atoms with Crippen molar-refractivity contribution in [3.63, 3.8) is 0 Å². The second-order valence-corrected chi connectivity index (χ2v) is 5.54. The fourth-order valence-corrected chi connectivity index (χ4v) is 3.13. The number of nitrogens with one attached hydrogen (secondary N) is 1. The Hall–Kier alpha value is -1.24. The third-order valence-electron chi connectivity index (χ3n) is 3.41. The lowest BCUT2D eigenvalue weighted by molar-refractivity contribution is -0.0192. The molecule has 5 nitrogen and oxygen atoms in total. The van der Waals surface area contributed by atoms with Gasteiger partial charge in [-0.2, -0.15) is 0 Å². The Morgan fingerprint density at radius 2 is 2.47 bits per heavy atom. The molecule has 1 saturated heterocycles. The van der Waals surface area contributed by atoms with Gasteiger partial charge in [-0.15, -0.1) is 11.3 Å². The van der Waals surface area contributed by atoms with Crippen molar-refractivity contribution in [1.29, 1.82) is 0 Å². The summed E-state index contributed by atoms with van der Waals surface area (Å²) in [5.74, 6) is 0.914. The third-order valence-corrected chi connectivity index (χ3v) is 4.32. The van der Waals surface area contributed by atoms with Crippen molar-refractivity contribution >= 4 is 27.4 Å². The molecule has 6 heteroatoms. The van der Waals surface area contributed by atoms with Gasteiger partial charge in [0.25, 0.3) is 0 Å². The second kappa shape index (κ2) is 5.81. The summed E-state index contributed by atoms with van der Waals surface area (Å²) in [6, 6.07) is 2.02. The van der Waals surface area contributed by atoms with Crippen LogP contribution in [0.1, 0.15) is 6.92 Å². The van der Waals surface area contributed by atoms with Crippen molar-refractivity contribution in [3.8, 4) is 0 Å². The van der Waals surface area contributed by atoms with E-state index in [2.05, 4.69) is 27.1 Å². The van der Waals surface area contributed by atoms with E-state index in [1.165, 1.54) is 0 Å². The van der Waals surface area contributed by atoms with Crippen LogP contribution in [-0.2, 0) is 4.74 Å². The summed E-state index contributed by atoms with van der Waals surface area (Å²) in [7, 11) is 0. The highest BCUT2D eigenvalue weighted by Gasteiger charge is 2.19. The highest BCUT2D eigenvalue weighted by Crippen LogP contribution is 2.24. The number of hydrogen-bond donors (Lipinski definition) is 1. The highest BCUT2D eigenvalue weighted by molar-refractivity contribution is 7.17. The van der Waals surface area contributed by atoms with Crippen LogP contribution in [0.25, 0.3) is 10.2 Å². The highest BCUT2D eigenvalue weighted by atomic mass is 32.1. The van der Waals surface area contributed by atoms with Gasteiger partial charge in [0.15, 0.2) is 0 Å². The Labute approximate surface area is 116 Å². The van der Waals surface area contributed by atoms with Crippen LogP contribution in [0.4, 0.5) is 5.82 Å². The minimum absolute atomic E-state index is 0.235. The summed E-state index contributed by atoms with van der Waals surface area (Å²) in [5.41, 5.74) is 1.00. The van der Waals surface area contributed by atoms with Crippen molar-refractivity contribution in [2.24, 2.45) is 0 Å². The molecule has 3 rings (SSSR count). The lowest BCUT2D eigenvalue weighted by Gasteiger charge is -2.32. The van der Waals surface area contributed by atoms with Gasteiger partial charge in [-0.1, -0.05) is 6.92 Å². The topological polar surface area (TPSA) is 50.3 Å². The lowest BCUT2D eigenvalue weighted by atomic mass is 10.2. The molecule has 1 fully saturated rings. The summed E-state index contributed by atoms with van der Waals surface area (Å²) in [4.78, 5) is 11.0. The van der Waals surface area contributed by atoms with Gasteiger partial charge in [0.1, 0.15) is 12.1 Å². The van der Waals surface area contributed by atoms with Crippen molar-refractivity contribution in [2.45, 2.75) is 13.0 Å². The maximum atomic E-state index is 5.78. The first-order valence-corrected chi connectivity index (χ1v) is 7.51. The van der Waals surface area contributed by atoms with Gasteiger partial charge >= 0.3 is 0 Å². The lowest BCUT2D eigenvalue weighted by Crippen LogP contribution is -2.45. The molecule has 1 atom stereocenters. The molecule has 0 radical (unpaired) electrons. The van der Waals surface area contributed by atoms with E-state index in [1.54, 1.807) is 17.7 Å². The van der Waals surface area contributed by atoms with Gasteiger partial charge in [-0.05, 0) is 18.0 Å². The van der Waals surface area contributed by atoms with Crippen LogP contribution in [0, 0.1) is 0 Å². The molecule has 0 saturated carbocycles. The van der Waals surface area contributed by atoms with E-state index in [4.69, 9.17) is 4.74 Å². The number of morpholine rings is 1. The molecule has 2 aromatic heterocycles. The van der Waals surface area contributed by atoms with Crippen LogP contribution in [0.5, 0.6) is 0 Å². The summed E-state index contributed by atoms with van der Waals surface area (Å²) >= 11 is 1.67. The molecule has 0 amide bonds. The number of anilines is 1. The van der Waals surface area contributed by atoms with Gasteiger partial charge in [0.05, 0.1) is 22.9 Å². The predicted molar refractivity (Wildman–Crippen MR) is 77.8 cm³/mol. The molecule has 0 spiro atoms. The van der Waals surface area contributed by atoms with Gasteiger partial charge in [0, 0.05) is 19.6 Å². The monoisotopic (exact) mass is 278 g/mol. The molecule has 0 unspecified atom stereocenters. The Morgan fingerprint density at radius 1 is 1.53 bits per heavy atom. The third kappa shape index (κ3) is 2.86. The average molecular weight is 278 g/mol. The largest absolute Gasteiger partial charge is 0.374 e. The normalized spacial score (nSPS) is 20.8. The fraction of sp³-hybridized carbons (Fsp3) is 0.538. The number of fused-ring (bicyclic) bond motifs is 1. The van der Waals surface area contributed by atoms with Crippen LogP contribution in [0.3, 0.4) is 0 Å². The van der Waals surface area contributed by atoms with Crippen LogP contribution in [0.15, 0.2) is 17.8 Å². The molecule has 1 N–H and O–H groups in total. The molecular weight excluding hydrogens is 260 g/mol. The Morgan fingerprint density at radius 3 is 3.37 bits per heavy atom. The molecule has 0 aliphatic carbocycles. The molecule has 1 aliphatic heterocycles. The van der Waals surface area contributed by atoms with Crippen molar-refractivity contribution in [3.05, 3.63) is 17.8 Å². The van der Waals surface area contributed by atoms with Gasteiger partial charge in [-0.25, -0.2) is 9.97 Å². The molecule has 102 valence electrons. The van der Waals surface area contributed by atoms with E-state index in [-0.39, 0.29) is 6.10 Å². The molecule has 2 aromatic rings. The van der Waals surface area contributed by atoms with E-state index in [1.807, 2.05) is 11.4 Å². The average Bonchev–Trinajstić information content (AvgIpc) is 2.94. The summed E-state index contributed by atoms with van der Waals surface area (Å²) in [6.45, 7) is 6.91. The SMILES string of the molecule is CCN1CCO[C@@H](CNc2ncnc3ccsc23)C1. The summed E-state index contributed by atoms with van der Waals surface area (Å²) < 4.78 is 6.90. The van der Waals surface area contributed by atoms with E-state index >= 15 is 0 Å². The first kappa shape index (κ1) is 12.8. The van der Waals surface area contributed by atoms with Crippen molar-refractivity contribution in [2.75, 3.05) is 38.1 Å². The molecule has 0 bridgehead atoms. The summed E-state index contributed by atoms with van der Waals surface area (Å²) in [5, 5.41) is 5.44. The maximum absolute atomic E-state index is 5.78. The number of aromatic nitrogens is 2. The van der Waals surface area contributed by atoms with E-state index in [0.717, 1.165) is 48.8 Å². The summed E-state index contributed by atoms with van der Waals surface area (Å²) in [6.07, 6.45) is 1.84. The fourth-order valence-electron chi connectivity index (χ4n) is 2.32. The molecule has 3 heterocycles. The van der Waals surface area contributed by atoms with Crippen LogP contribution < -0.4 is 5.32 Å². The molecular formula is C13H18N4OS. The number of hydrogen-bond acceptors (Lipinski definition) is 6. The first-order valence-electron chi connectivity index (χ1n) is 6.63. The number of thiophene rings is 1. The molecule has 1 aliphatic rings. The van der Waals surface area contributed by atoms with Crippen LogP contribution in [0.2, 0.25) is 0 Å². The van der Waals surface area contributed by atoms with Gasteiger partial charge < -0.3 is 10.1 Å². The Kier molecular flexibility index (Phi) is 3.91. The standard InChI is InChI=1S/C13H18N4OS/c1-2-17-4-5-18-10(8-17)7-14-13-12-11(3-6-19-12)15-9-16-13/h3,6,9-10H,2,4-5,7-8H2,1H3,(H,14,15,16)/t10-/m0/s1. The quantitative estimate of drug-likeness (QED) is 0.924. The number of rotatable bonds is 4. The number of nitrogens with zero attached hydrogens (tertiary/aromatic N) is 3. The van der Waals surface area contributed by atoms with E-state index in [9.17, 15) is 0 Å². The van der Waals surface area contributed by atoms with Crippen LogP contribution >= 0.6 is 11.3 Å². The van der Waals surface area contributed by atoms with Gasteiger partial charge in [-0.3, -0.25) is 4.90 Å². The minimum Gasteiger partial charge on any atom is -0.374 e. The molecule has 19 heavy (non-hydrogen) atoms. The predicted octanol–water partition coefficient (Wildman–Crippen LogP) is 1.82. The number of ether oxygens (including phenoxy) is 1. The van der Waals surface area contributed by atoms with E-state index in [0.29, 0.717) is 0 Å². The second-order valence-electron chi connectivity index (χ2n) is 4.62. The zero-order valence-electron chi connectivity index (χ0n) is 11.0. The first-order chi connectivity index (χ1) is 9.36. The number of likely N-dealkylation sites (N-methyl/N-ethyl adjacent to an activating group) is 1. The van der Waals surface area contributed by atoms with E-state index < -0.39 is 0 Å². The molecule has 0 aromatic carbocycles. The van der Waals surface area contributed by atoms with Crippen LogP contribution in [-0.4, -0.2) is 53.8 Å². The zero-order valence-corrected chi connectivity index (χ0v) is 11.8. The smallest absolute Gasteiger partial charge is 0.147 e.